The van der Waals surface area contributed by atoms with Gasteiger partial charge >= 0.3 is 0 Å². The van der Waals surface area contributed by atoms with Crippen LogP contribution in [-0.2, 0) is 18.9 Å². The van der Waals surface area contributed by atoms with Gasteiger partial charge in [-0.05, 0) is 79.3 Å². The SMILES string of the molecule is COc1ncc(C)c(-c2ccc(-c3c(C(N)=O)cnn3[C@@H]3COC[C@H]3OC)c(F)c2)c1C.COc1ncc(C)c(-c2ccc3c(c2)[nH]c(=O)c2cnn([C@@H]4COC[C@H]4OC)c23)c1C. The number of aromatic nitrogens is 7. The molecule has 0 unspecified atom stereocenters. The summed E-state index contributed by atoms with van der Waals surface area (Å²) in [4.78, 5) is 36.6. The van der Waals surface area contributed by atoms with Gasteiger partial charge in [0.15, 0.2) is 0 Å². The number of aromatic amines is 1. The molecular formula is C46H49FN8O8. The maximum atomic E-state index is 15.5. The van der Waals surface area contributed by atoms with Gasteiger partial charge in [0, 0.05) is 48.7 Å². The highest BCUT2D eigenvalue weighted by Gasteiger charge is 2.35. The van der Waals surface area contributed by atoms with Crippen LogP contribution in [0, 0.1) is 33.5 Å². The first-order chi connectivity index (χ1) is 30.4. The van der Waals surface area contributed by atoms with Crippen molar-refractivity contribution in [2.75, 3.05) is 54.9 Å². The molecule has 0 bridgehead atoms. The van der Waals surface area contributed by atoms with Gasteiger partial charge < -0.3 is 39.1 Å². The molecule has 2 aliphatic heterocycles. The summed E-state index contributed by atoms with van der Waals surface area (Å²) >= 11 is 0. The van der Waals surface area contributed by atoms with Gasteiger partial charge in [0.2, 0.25) is 11.8 Å². The summed E-state index contributed by atoms with van der Waals surface area (Å²) in [6.07, 6.45) is 6.10. The van der Waals surface area contributed by atoms with Crippen molar-refractivity contribution in [2.24, 2.45) is 5.73 Å². The average molecular weight is 861 g/mol. The molecule has 7 aromatic rings. The summed E-state index contributed by atoms with van der Waals surface area (Å²) in [6, 6.07) is 10.6. The number of carbonyl (C=O) groups excluding carboxylic acids is 1. The molecule has 0 aliphatic carbocycles. The Morgan fingerprint density at radius 2 is 1.30 bits per heavy atom. The number of ether oxygens (including phenoxy) is 6. The van der Waals surface area contributed by atoms with E-state index in [1.54, 1.807) is 63.8 Å². The fourth-order valence-electron chi connectivity index (χ4n) is 8.86. The van der Waals surface area contributed by atoms with Crippen molar-refractivity contribution in [1.82, 2.24) is 34.5 Å². The van der Waals surface area contributed by atoms with Crippen LogP contribution in [0.2, 0.25) is 0 Å². The topological polar surface area (TPSA) is 193 Å². The summed E-state index contributed by atoms with van der Waals surface area (Å²) < 4.78 is 51.9. The molecule has 328 valence electrons. The van der Waals surface area contributed by atoms with Crippen LogP contribution in [0.4, 0.5) is 4.39 Å². The van der Waals surface area contributed by atoms with E-state index in [9.17, 15) is 9.59 Å². The number of amides is 1. The molecule has 16 nitrogen and oxygen atoms in total. The van der Waals surface area contributed by atoms with Gasteiger partial charge in [-0.15, -0.1) is 0 Å². The minimum Gasteiger partial charge on any atom is -0.481 e. The number of nitrogens with zero attached hydrogens (tertiary/aromatic N) is 6. The van der Waals surface area contributed by atoms with E-state index in [2.05, 4.69) is 31.2 Å². The van der Waals surface area contributed by atoms with E-state index in [1.165, 1.54) is 12.3 Å². The largest absolute Gasteiger partial charge is 0.481 e. The Hall–Kier alpha value is -6.53. The van der Waals surface area contributed by atoms with Crippen LogP contribution in [-0.4, -0.2) is 107 Å². The zero-order chi connectivity index (χ0) is 44.7. The predicted octanol–water partition coefficient (Wildman–Crippen LogP) is 6.21. The molecule has 3 N–H and O–H groups in total. The second-order valence-corrected chi connectivity index (χ2v) is 15.6. The predicted molar refractivity (Wildman–Crippen MR) is 234 cm³/mol. The fourth-order valence-corrected chi connectivity index (χ4v) is 8.86. The van der Waals surface area contributed by atoms with Crippen LogP contribution in [0.5, 0.6) is 11.8 Å². The first kappa shape index (κ1) is 43.1. The van der Waals surface area contributed by atoms with Gasteiger partial charge in [0.05, 0.1) is 80.7 Å². The number of halogens is 1. The normalized spacial score (nSPS) is 18.5. The van der Waals surface area contributed by atoms with Crippen LogP contribution < -0.4 is 20.8 Å². The van der Waals surface area contributed by atoms with Gasteiger partial charge in [-0.2, -0.15) is 10.2 Å². The highest BCUT2D eigenvalue weighted by molar-refractivity contribution is 6.04. The summed E-state index contributed by atoms with van der Waals surface area (Å²) in [5, 5.41) is 10.3. The van der Waals surface area contributed by atoms with E-state index in [1.807, 2.05) is 44.5 Å². The third-order valence-corrected chi connectivity index (χ3v) is 12.0. The second-order valence-electron chi connectivity index (χ2n) is 15.6. The molecule has 2 aromatic carbocycles. The van der Waals surface area contributed by atoms with Crippen molar-refractivity contribution in [1.29, 1.82) is 0 Å². The Kier molecular flexibility index (Phi) is 12.1. The second kappa shape index (κ2) is 17.7. The van der Waals surface area contributed by atoms with Gasteiger partial charge in [-0.3, -0.25) is 19.0 Å². The van der Waals surface area contributed by atoms with Gasteiger partial charge in [-0.25, -0.2) is 14.4 Å². The summed E-state index contributed by atoms with van der Waals surface area (Å²) in [6.45, 7) is 9.52. The number of H-pyrrole nitrogens is 1. The van der Waals surface area contributed by atoms with Crippen molar-refractivity contribution >= 4 is 27.7 Å². The number of methoxy groups -OCH3 is 4. The molecule has 7 heterocycles. The van der Waals surface area contributed by atoms with Crippen molar-refractivity contribution in [3.8, 4) is 45.3 Å². The third-order valence-electron chi connectivity index (χ3n) is 12.0. The van der Waals surface area contributed by atoms with E-state index in [0.717, 1.165) is 55.4 Å². The Bertz CT molecular complexity index is 2930. The number of benzene rings is 2. The zero-order valence-corrected chi connectivity index (χ0v) is 36.3. The highest BCUT2D eigenvalue weighted by atomic mass is 19.1. The summed E-state index contributed by atoms with van der Waals surface area (Å²) in [5.41, 5.74) is 14.9. The average Bonchev–Trinajstić information content (AvgIpc) is 4.10. The maximum Gasteiger partial charge on any atom is 0.259 e. The fraction of sp³-hybridized carbons (Fsp3) is 0.348. The maximum absolute atomic E-state index is 15.5. The number of nitrogens with one attached hydrogen (secondary N) is 1. The lowest BCUT2D eigenvalue weighted by molar-refractivity contribution is 0.0667. The van der Waals surface area contributed by atoms with E-state index in [0.29, 0.717) is 54.8 Å². The first-order valence-corrected chi connectivity index (χ1v) is 20.3. The Labute approximate surface area is 362 Å². The molecule has 17 heteroatoms. The number of hydrogen-bond acceptors (Lipinski definition) is 12. The quantitative estimate of drug-likeness (QED) is 0.158. The van der Waals surface area contributed by atoms with Crippen LogP contribution in [0.1, 0.15) is 44.7 Å². The van der Waals surface area contributed by atoms with E-state index in [4.69, 9.17) is 34.2 Å². The lowest BCUT2D eigenvalue weighted by atomic mass is 9.95. The number of hydrogen-bond donors (Lipinski definition) is 2. The van der Waals surface area contributed by atoms with E-state index in [-0.39, 0.29) is 41.0 Å². The van der Waals surface area contributed by atoms with Gasteiger partial charge in [-0.1, -0.05) is 18.2 Å². The number of carbonyl (C=O) groups is 1. The summed E-state index contributed by atoms with van der Waals surface area (Å²) in [5.74, 6) is -0.118. The molecule has 2 aliphatic rings. The lowest BCUT2D eigenvalue weighted by Crippen LogP contribution is -2.26. The number of pyridine rings is 3. The number of nitrogens with two attached hydrogens (primary N) is 1. The van der Waals surface area contributed by atoms with Crippen molar-refractivity contribution < 1.29 is 37.6 Å². The number of aryl methyl sites for hydroxylation is 2. The molecule has 2 fully saturated rings. The Balaban J connectivity index is 0.000000173. The zero-order valence-electron chi connectivity index (χ0n) is 36.3. The molecule has 0 radical (unpaired) electrons. The smallest absolute Gasteiger partial charge is 0.259 e. The minimum absolute atomic E-state index is 0.0823. The lowest BCUT2D eigenvalue weighted by Gasteiger charge is -2.20. The van der Waals surface area contributed by atoms with Crippen molar-refractivity contribution in [2.45, 2.75) is 52.0 Å². The van der Waals surface area contributed by atoms with Crippen LogP contribution in [0.3, 0.4) is 0 Å². The number of primary amides is 1. The van der Waals surface area contributed by atoms with E-state index >= 15 is 4.39 Å². The standard InChI is InChI=1S/C23H25FN4O4.C23H24N4O4/c1-12-8-26-23(31-4)13(2)20(12)14-5-6-15(17(24)7-14)21-16(22(25)29)9-27-28(21)18-10-32-11-19(18)30-3;1-12-8-24-23(30-4)13(2)20(12)14-5-6-15-17(7-14)26-22(28)16-9-25-27(21(15)16)18-10-31-11-19(18)29-3/h5-9,18-19H,10-11H2,1-4H3,(H2,25,29);5-9,18-19H,10-11H2,1-4H3,(H,26,28)/t2*18-,19-/m11/s1. The molecule has 2 saturated heterocycles. The van der Waals surface area contributed by atoms with Gasteiger partial charge in [0.1, 0.15) is 30.1 Å². The number of fused-ring (bicyclic) bond motifs is 3. The van der Waals surface area contributed by atoms with Crippen molar-refractivity contribution in [3.63, 3.8) is 0 Å². The van der Waals surface area contributed by atoms with Crippen LogP contribution >= 0.6 is 0 Å². The van der Waals surface area contributed by atoms with Crippen LogP contribution in [0.15, 0.2) is 66.0 Å². The molecular weight excluding hydrogens is 812 g/mol. The minimum atomic E-state index is -0.687. The molecule has 4 atom stereocenters. The first-order valence-electron chi connectivity index (χ1n) is 20.3. The van der Waals surface area contributed by atoms with Crippen LogP contribution in [0.25, 0.3) is 55.3 Å². The molecule has 63 heavy (non-hydrogen) atoms. The molecule has 0 saturated carbocycles. The highest BCUT2D eigenvalue weighted by Crippen LogP contribution is 2.38. The monoisotopic (exact) mass is 860 g/mol. The Morgan fingerprint density at radius 1 is 0.746 bits per heavy atom. The molecule has 9 rings (SSSR count). The number of rotatable bonds is 10. The molecule has 5 aromatic heterocycles. The Morgan fingerprint density at radius 3 is 1.86 bits per heavy atom. The third kappa shape index (κ3) is 7.70. The van der Waals surface area contributed by atoms with Gasteiger partial charge in [0.25, 0.3) is 11.5 Å². The van der Waals surface area contributed by atoms with Crippen molar-refractivity contribution in [3.05, 3.63) is 105 Å². The molecule has 1 amide bonds. The summed E-state index contributed by atoms with van der Waals surface area (Å²) in [7, 11) is 6.41. The van der Waals surface area contributed by atoms with E-state index < -0.39 is 11.7 Å². The molecule has 0 spiro atoms.